The summed E-state index contributed by atoms with van der Waals surface area (Å²) in [6.45, 7) is 0. The monoisotopic (exact) mass is 456 g/mol. The van der Waals surface area contributed by atoms with Gasteiger partial charge in [0.25, 0.3) is 5.91 Å². The van der Waals surface area contributed by atoms with Crippen molar-refractivity contribution in [3.63, 3.8) is 0 Å². The van der Waals surface area contributed by atoms with E-state index in [1.54, 1.807) is 38.4 Å². The van der Waals surface area contributed by atoms with Gasteiger partial charge in [0.05, 0.1) is 17.1 Å². The number of hydrogen-bond acceptors (Lipinski definition) is 4. The highest BCUT2D eigenvalue weighted by Crippen LogP contribution is 2.32. The molecule has 2 N–H and O–H groups in total. The molecule has 0 spiro atoms. The molecule has 6 nitrogen and oxygen atoms in total. The minimum absolute atomic E-state index is 0.0790. The Morgan fingerprint density at radius 2 is 1.48 bits per heavy atom. The number of benzene rings is 3. The van der Waals surface area contributed by atoms with Crippen LogP contribution in [0.5, 0.6) is 0 Å². The molecule has 0 aliphatic heterocycles. The van der Waals surface area contributed by atoms with Gasteiger partial charge in [0.2, 0.25) is 5.91 Å². The van der Waals surface area contributed by atoms with Crippen molar-refractivity contribution < 1.29 is 9.59 Å². The average Bonchev–Trinajstić information content (AvgIpc) is 3.28. The topological polar surface area (TPSA) is 78.1 Å². The molecule has 1 heterocycles. The van der Waals surface area contributed by atoms with Crippen LogP contribution in [0.15, 0.2) is 90.1 Å². The van der Waals surface area contributed by atoms with Gasteiger partial charge in [-0.1, -0.05) is 72.4 Å². The Bertz CT molecular complexity index is 1180. The minimum atomic E-state index is -0.148. The molecule has 0 fully saturated rings. The summed E-state index contributed by atoms with van der Waals surface area (Å²) in [6, 6.07) is 26.9. The summed E-state index contributed by atoms with van der Waals surface area (Å²) in [4.78, 5) is 34.2. The van der Waals surface area contributed by atoms with Gasteiger partial charge in [-0.25, -0.2) is 4.98 Å². The zero-order valence-electron chi connectivity index (χ0n) is 18.4. The molecule has 2 amide bonds. The van der Waals surface area contributed by atoms with E-state index in [1.165, 1.54) is 16.7 Å². The van der Waals surface area contributed by atoms with Crippen molar-refractivity contribution in [3.8, 4) is 22.5 Å². The molecule has 0 aliphatic rings. The zero-order valence-corrected chi connectivity index (χ0v) is 19.2. The van der Waals surface area contributed by atoms with E-state index in [-0.39, 0.29) is 17.6 Å². The summed E-state index contributed by atoms with van der Waals surface area (Å²) < 4.78 is 0. The molecule has 0 unspecified atom stereocenters. The minimum Gasteiger partial charge on any atom is -0.345 e. The van der Waals surface area contributed by atoms with E-state index in [1.807, 2.05) is 60.7 Å². The fourth-order valence-electron chi connectivity index (χ4n) is 3.32. The summed E-state index contributed by atoms with van der Waals surface area (Å²) in [5.41, 5.74) is 5.04. The number of rotatable bonds is 7. The van der Waals surface area contributed by atoms with E-state index in [9.17, 15) is 9.59 Å². The summed E-state index contributed by atoms with van der Waals surface area (Å²) in [5.74, 6) is -0.0238. The van der Waals surface area contributed by atoms with Crippen molar-refractivity contribution in [1.82, 2.24) is 14.9 Å². The van der Waals surface area contributed by atoms with Gasteiger partial charge in [-0.2, -0.15) is 0 Å². The Morgan fingerprint density at radius 1 is 0.879 bits per heavy atom. The molecule has 1 aromatic heterocycles. The van der Waals surface area contributed by atoms with E-state index in [4.69, 9.17) is 4.98 Å². The quantitative estimate of drug-likeness (QED) is 0.376. The molecule has 0 atom stereocenters. The standard InChI is InChI=1S/C26H24N4O2S/c1-30(2)25(32)20-13-15-21(16-14-20)27-22(31)17-33-26-28-23(18-9-5-3-6-10-18)24(29-26)19-11-7-4-8-12-19/h3-16H,17H2,1-2H3,(H,27,31)(H,28,29). The molecule has 3 aromatic carbocycles. The number of amides is 2. The number of anilines is 1. The third-order valence-corrected chi connectivity index (χ3v) is 5.83. The van der Waals surface area contributed by atoms with Crippen LogP contribution < -0.4 is 5.32 Å². The van der Waals surface area contributed by atoms with Gasteiger partial charge in [0.15, 0.2) is 5.16 Å². The maximum atomic E-state index is 12.5. The summed E-state index contributed by atoms with van der Waals surface area (Å²) in [5, 5.41) is 3.54. The van der Waals surface area contributed by atoms with E-state index < -0.39 is 0 Å². The zero-order chi connectivity index (χ0) is 23.2. The van der Waals surface area contributed by atoms with Gasteiger partial charge in [-0.05, 0) is 24.3 Å². The second kappa shape index (κ2) is 10.2. The molecule has 0 saturated heterocycles. The number of nitrogens with zero attached hydrogens (tertiary/aromatic N) is 2. The predicted octanol–water partition coefficient (Wildman–Crippen LogP) is 5.18. The van der Waals surface area contributed by atoms with Crippen molar-refractivity contribution in [2.24, 2.45) is 0 Å². The number of aromatic amines is 1. The number of thioether (sulfide) groups is 1. The molecule has 4 aromatic rings. The molecular weight excluding hydrogens is 432 g/mol. The largest absolute Gasteiger partial charge is 0.345 e. The third-order valence-electron chi connectivity index (χ3n) is 4.95. The van der Waals surface area contributed by atoms with Crippen LogP contribution in [-0.2, 0) is 4.79 Å². The number of carbonyl (C=O) groups excluding carboxylic acids is 2. The number of aromatic nitrogens is 2. The van der Waals surface area contributed by atoms with Crippen molar-refractivity contribution in [2.45, 2.75) is 5.16 Å². The van der Waals surface area contributed by atoms with Crippen LogP contribution in [0.2, 0.25) is 0 Å². The fraction of sp³-hybridized carbons (Fsp3) is 0.115. The summed E-state index contributed by atoms with van der Waals surface area (Å²) in [6.07, 6.45) is 0. The smallest absolute Gasteiger partial charge is 0.253 e. The van der Waals surface area contributed by atoms with Gasteiger partial charge >= 0.3 is 0 Å². The highest BCUT2D eigenvalue weighted by atomic mass is 32.2. The number of hydrogen-bond donors (Lipinski definition) is 2. The Hall–Kier alpha value is -3.84. The molecule has 166 valence electrons. The first-order valence-corrected chi connectivity index (χ1v) is 11.4. The van der Waals surface area contributed by atoms with E-state index in [0.29, 0.717) is 16.4 Å². The summed E-state index contributed by atoms with van der Waals surface area (Å²) in [7, 11) is 3.41. The second-order valence-electron chi connectivity index (χ2n) is 7.61. The lowest BCUT2D eigenvalue weighted by Crippen LogP contribution is -2.21. The fourth-order valence-corrected chi connectivity index (χ4v) is 3.99. The number of nitrogens with one attached hydrogen (secondary N) is 2. The lowest BCUT2D eigenvalue weighted by atomic mass is 10.1. The van der Waals surface area contributed by atoms with Gasteiger partial charge < -0.3 is 15.2 Å². The Balaban J connectivity index is 1.45. The Kier molecular flexibility index (Phi) is 6.90. The normalized spacial score (nSPS) is 10.6. The van der Waals surface area contributed by atoms with E-state index in [2.05, 4.69) is 10.3 Å². The first-order chi connectivity index (χ1) is 16.0. The molecular formula is C26H24N4O2S. The third kappa shape index (κ3) is 5.51. The highest BCUT2D eigenvalue weighted by molar-refractivity contribution is 7.99. The first kappa shape index (κ1) is 22.4. The molecule has 33 heavy (non-hydrogen) atoms. The number of H-pyrrole nitrogens is 1. The van der Waals surface area contributed by atoms with Gasteiger partial charge in [-0.15, -0.1) is 0 Å². The van der Waals surface area contributed by atoms with Crippen LogP contribution in [0.3, 0.4) is 0 Å². The number of imidazole rings is 1. The maximum absolute atomic E-state index is 12.5. The Labute approximate surface area is 197 Å². The van der Waals surface area contributed by atoms with Gasteiger partial charge in [0, 0.05) is 36.5 Å². The van der Waals surface area contributed by atoms with E-state index >= 15 is 0 Å². The van der Waals surface area contributed by atoms with Crippen molar-refractivity contribution >= 4 is 29.3 Å². The average molecular weight is 457 g/mol. The molecule has 0 saturated carbocycles. The van der Waals surface area contributed by atoms with Crippen LogP contribution in [0.4, 0.5) is 5.69 Å². The first-order valence-electron chi connectivity index (χ1n) is 10.5. The SMILES string of the molecule is CN(C)C(=O)c1ccc(NC(=O)CSc2nc(-c3ccccc3)c(-c3ccccc3)[nH]2)cc1. The summed E-state index contributed by atoms with van der Waals surface area (Å²) >= 11 is 1.34. The van der Waals surface area contributed by atoms with Gasteiger partial charge in [-0.3, -0.25) is 9.59 Å². The lowest BCUT2D eigenvalue weighted by molar-refractivity contribution is -0.113. The van der Waals surface area contributed by atoms with Crippen molar-refractivity contribution in [3.05, 3.63) is 90.5 Å². The molecule has 0 radical (unpaired) electrons. The van der Waals surface area contributed by atoms with Crippen LogP contribution in [0.1, 0.15) is 10.4 Å². The molecule has 0 bridgehead atoms. The van der Waals surface area contributed by atoms with Crippen LogP contribution >= 0.6 is 11.8 Å². The molecule has 0 aliphatic carbocycles. The second-order valence-corrected chi connectivity index (χ2v) is 8.58. The van der Waals surface area contributed by atoms with Crippen LogP contribution in [-0.4, -0.2) is 46.5 Å². The molecule has 4 rings (SSSR count). The van der Waals surface area contributed by atoms with Crippen LogP contribution in [0.25, 0.3) is 22.5 Å². The van der Waals surface area contributed by atoms with Gasteiger partial charge in [0.1, 0.15) is 0 Å². The van der Waals surface area contributed by atoms with Crippen molar-refractivity contribution in [2.75, 3.05) is 25.2 Å². The lowest BCUT2D eigenvalue weighted by Gasteiger charge is -2.10. The van der Waals surface area contributed by atoms with Crippen LogP contribution in [0, 0.1) is 0 Å². The highest BCUT2D eigenvalue weighted by Gasteiger charge is 2.15. The maximum Gasteiger partial charge on any atom is 0.253 e. The van der Waals surface area contributed by atoms with E-state index in [0.717, 1.165) is 22.5 Å². The predicted molar refractivity (Wildman–Crippen MR) is 133 cm³/mol. The molecule has 7 heteroatoms. The Morgan fingerprint density at radius 3 is 2.09 bits per heavy atom. The van der Waals surface area contributed by atoms with Crippen molar-refractivity contribution in [1.29, 1.82) is 0 Å². The number of carbonyl (C=O) groups is 2.